The van der Waals surface area contributed by atoms with Crippen molar-refractivity contribution in [1.29, 1.82) is 0 Å². The van der Waals surface area contributed by atoms with E-state index >= 15 is 0 Å². The number of thioether (sulfide) groups is 1. The number of carbonyl (C=O) groups is 1. The van der Waals surface area contributed by atoms with Crippen LogP contribution in [0.5, 0.6) is 0 Å². The van der Waals surface area contributed by atoms with Crippen molar-refractivity contribution in [2.45, 2.75) is 70.4 Å². The summed E-state index contributed by atoms with van der Waals surface area (Å²) in [4.78, 5) is 14.9. The summed E-state index contributed by atoms with van der Waals surface area (Å²) in [6.07, 6.45) is 4.52. The fraction of sp³-hybridized carbons (Fsp3) is 0.650. The molecule has 132 valence electrons. The first kappa shape index (κ1) is 18.1. The number of benzene rings is 1. The lowest BCUT2D eigenvalue weighted by atomic mass is 9.71. The van der Waals surface area contributed by atoms with Crippen LogP contribution in [-0.4, -0.2) is 16.0 Å². The highest BCUT2D eigenvalue weighted by Gasteiger charge is 2.52. The van der Waals surface area contributed by atoms with Gasteiger partial charge in [-0.3, -0.25) is 9.69 Å². The molecule has 4 heteroatoms. The molecule has 0 aromatic heterocycles. The summed E-state index contributed by atoms with van der Waals surface area (Å²) in [6.45, 7) is 11.0. The molecule has 1 unspecified atom stereocenters. The molecule has 1 aliphatic heterocycles. The number of rotatable bonds is 1. The average molecular weight is 366 g/mol. The molecule has 1 amide bonds. The number of hydrogen-bond acceptors (Lipinski definition) is 2. The molecule has 0 N–H and O–H groups in total. The zero-order valence-corrected chi connectivity index (χ0v) is 16.9. The van der Waals surface area contributed by atoms with Crippen LogP contribution < -0.4 is 4.90 Å². The van der Waals surface area contributed by atoms with Gasteiger partial charge in [0, 0.05) is 10.7 Å². The number of aryl methyl sites for hydroxylation is 1. The molecule has 0 bridgehead atoms. The molecule has 2 nitrogen and oxygen atoms in total. The van der Waals surface area contributed by atoms with E-state index in [1.165, 1.54) is 12.8 Å². The summed E-state index contributed by atoms with van der Waals surface area (Å²) in [7, 11) is 0. The van der Waals surface area contributed by atoms with E-state index in [4.69, 9.17) is 11.6 Å². The van der Waals surface area contributed by atoms with E-state index in [0.29, 0.717) is 5.41 Å². The molecule has 2 fully saturated rings. The number of halogens is 1. The third kappa shape index (κ3) is 3.10. The van der Waals surface area contributed by atoms with Crippen molar-refractivity contribution in [1.82, 2.24) is 0 Å². The van der Waals surface area contributed by atoms with Crippen LogP contribution in [0.15, 0.2) is 18.2 Å². The monoisotopic (exact) mass is 365 g/mol. The Kier molecular flexibility index (Phi) is 4.72. The maximum atomic E-state index is 12.9. The van der Waals surface area contributed by atoms with Gasteiger partial charge >= 0.3 is 0 Å². The standard InChI is InChI=1S/C20H28ClNOS/c1-13-6-7-16(12-17(13)21)22-18(23)14(2)24-20(22)10-8-15(9-11-20)19(3,4)5/h6-7,12,14-15H,8-11H2,1-5H3. The lowest BCUT2D eigenvalue weighted by Gasteiger charge is -2.45. The zero-order chi connectivity index (χ0) is 17.7. The van der Waals surface area contributed by atoms with Gasteiger partial charge < -0.3 is 0 Å². The second-order valence-electron chi connectivity index (χ2n) is 8.45. The van der Waals surface area contributed by atoms with Crippen molar-refractivity contribution in [3.63, 3.8) is 0 Å². The highest BCUT2D eigenvalue weighted by Crippen LogP contribution is 2.55. The summed E-state index contributed by atoms with van der Waals surface area (Å²) in [6, 6.07) is 6.04. The Balaban J connectivity index is 1.92. The quantitative estimate of drug-likeness (QED) is 0.603. The van der Waals surface area contributed by atoms with Crippen molar-refractivity contribution in [2.75, 3.05) is 4.90 Å². The second kappa shape index (κ2) is 6.25. The Morgan fingerprint density at radius 1 is 1.25 bits per heavy atom. The Morgan fingerprint density at radius 3 is 2.42 bits per heavy atom. The molecule has 1 saturated carbocycles. The van der Waals surface area contributed by atoms with Crippen LogP contribution in [0.25, 0.3) is 0 Å². The lowest BCUT2D eigenvalue weighted by Crippen LogP contribution is -2.48. The van der Waals surface area contributed by atoms with E-state index < -0.39 is 0 Å². The lowest BCUT2D eigenvalue weighted by molar-refractivity contribution is -0.118. The van der Waals surface area contributed by atoms with E-state index in [-0.39, 0.29) is 16.0 Å². The van der Waals surface area contributed by atoms with E-state index in [0.717, 1.165) is 35.0 Å². The van der Waals surface area contributed by atoms with Crippen LogP contribution in [0.2, 0.25) is 5.02 Å². The van der Waals surface area contributed by atoms with Crippen molar-refractivity contribution in [3.05, 3.63) is 28.8 Å². The molecule has 1 spiro atoms. The number of amides is 1. The topological polar surface area (TPSA) is 20.3 Å². The summed E-state index contributed by atoms with van der Waals surface area (Å²) in [5, 5.41) is 0.764. The van der Waals surface area contributed by atoms with Crippen molar-refractivity contribution in [3.8, 4) is 0 Å². The van der Waals surface area contributed by atoms with Gasteiger partial charge in [-0.25, -0.2) is 0 Å². The molecule has 2 aliphatic rings. The SMILES string of the molecule is Cc1ccc(N2C(=O)C(C)SC23CCC(C(C)(C)C)CC3)cc1Cl. The van der Waals surface area contributed by atoms with Crippen LogP contribution in [-0.2, 0) is 4.79 Å². The van der Waals surface area contributed by atoms with Gasteiger partial charge in [-0.2, -0.15) is 0 Å². The van der Waals surface area contributed by atoms with E-state index in [1.807, 2.05) is 37.7 Å². The highest BCUT2D eigenvalue weighted by atomic mass is 35.5. The molecule has 1 aromatic carbocycles. The maximum absolute atomic E-state index is 12.9. The third-order valence-electron chi connectivity index (χ3n) is 5.78. The molecule has 1 heterocycles. The van der Waals surface area contributed by atoms with Crippen molar-refractivity contribution in [2.24, 2.45) is 11.3 Å². The number of anilines is 1. The average Bonchev–Trinajstić information content (AvgIpc) is 2.73. The Morgan fingerprint density at radius 2 is 1.88 bits per heavy atom. The Hall–Kier alpha value is -0.670. The fourth-order valence-electron chi connectivity index (χ4n) is 4.17. The van der Waals surface area contributed by atoms with Gasteiger partial charge in [-0.1, -0.05) is 38.4 Å². The van der Waals surface area contributed by atoms with Gasteiger partial charge in [-0.15, -0.1) is 11.8 Å². The van der Waals surface area contributed by atoms with Gasteiger partial charge in [0.1, 0.15) is 0 Å². The summed E-state index contributed by atoms with van der Waals surface area (Å²) >= 11 is 8.20. The van der Waals surface area contributed by atoms with Crippen LogP contribution in [0.1, 0.15) is 58.9 Å². The van der Waals surface area contributed by atoms with E-state index in [2.05, 4.69) is 31.7 Å². The van der Waals surface area contributed by atoms with Gasteiger partial charge in [0.25, 0.3) is 0 Å². The first-order valence-electron chi connectivity index (χ1n) is 8.92. The molecule has 1 aliphatic carbocycles. The first-order chi connectivity index (χ1) is 11.1. The van der Waals surface area contributed by atoms with Gasteiger partial charge in [-0.05, 0) is 68.6 Å². The molecule has 1 atom stereocenters. The molecule has 1 aromatic rings. The Bertz CT molecular complexity index is 644. The van der Waals surface area contributed by atoms with Crippen LogP contribution in [0.3, 0.4) is 0 Å². The van der Waals surface area contributed by atoms with Crippen LogP contribution in [0, 0.1) is 18.3 Å². The first-order valence-corrected chi connectivity index (χ1v) is 10.2. The van der Waals surface area contributed by atoms with E-state index in [1.54, 1.807) is 0 Å². The smallest absolute Gasteiger partial charge is 0.241 e. The molecule has 3 rings (SSSR count). The predicted octanol–water partition coefficient (Wildman–Crippen LogP) is 6.05. The molecular formula is C20H28ClNOS. The largest absolute Gasteiger partial charge is 0.296 e. The summed E-state index contributed by atoms with van der Waals surface area (Å²) < 4.78 is 0. The minimum absolute atomic E-state index is 0.0243. The molecule has 24 heavy (non-hydrogen) atoms. The van der Waals surface area contributed by atoms with Gasteiger partial charge in [0.05, 0.1) is 10.1 Å². The molecular weight excluding hydrogens is 338 g/mol. The molecule has 1 saturated heterocycles. The molecule has 0 radical (unpaired) electrons. The number of carbonyl (C=O) groups excluding carboxylic acids is 1. The van der Waals surface area contributed by atoms with Crippen LogP contribution in [0.4, 0.5) is 5.69 Å². The minimum Gasteiger partial charge on any atom is -0.296 e. The normalized spacial score (nSPS) is 31.1. The van der Waals surface area contributed by atoms with Crippen molar-refractivity contribution < 1.29 is 4.79 Å². The fourth-order valence-corrected chi connectivity index (χ4v) is 5.99. The van der Waals surface area contributed by atoms with Gasteiger partial charge in [0.2, 0.25) is 5.91 Å². The van der Waals surface area contributed by atoms with Crippen LogP contribution >= 0.6 is 23.4 Å². The maximum Gasteiger partial charge on any atom is 0.241 e. The van der Waals surface area contributed by atoms with Crippen molar-refractivity contribution >= 4 is 35.0 Å². The summed E-state index contributed by atoms with van der Waals surface area (Å²) in [5.74, 6) is 0.965. The zero-order valence-electron chi connectivity index (χ0n) is 15.4. The van der Waals surface area contributed by atoms with E-state index in [9.17, 15) is 4.79 Å². The summed E-state index contributed by atoms with van der Waals surface area (Å²) in [5.41, 5.74) is 2.36. The second-order valence-corrected chi connectivity index (χ2v) is 10.6. The van der Waals surface area contributed by atoms with Gasteiger partial charge in [0.15, 0.2) is 0 Å². The Labute approximate surface area is 155 Å². The third-order valence-corrected chi connectivity index (χ3v) is 7.77. The number of nitrogens with zero attached hydrogens (tertiary/aromatic N) is 1. The highest BCUT2D eigenvalue weighted by molar-refractivity contribution is 8.02. The predicted molar refractivity (Wildman–Crippen MR) is 105 cm³/mol. The minimum atomic E-state index is -0.0865. The number of hydrogen-bond donors (Lipinski definition) is 0.